The van der Waals surface area contributed by atoms with Crippen molar-refractivity contribution in [1.29, 1.82) is 0 Å². The Hall–Kier alpha value is -2.49. The Morgan fingerprint density at radius 3 is 1.59 bits per heavy atom. The van der Waals surface area contributed by atoms with Crippen LogP contribution in [0.2, 0.25) is 0 Å². The van der Waals surface area contributed by atoms with Crippen molar-refractivity contribution in [2.75, 3.05) is 18.1 Å². The Kier molecular flexibility index (Phi) is 5.65. The van der Waals surface area contributed by atoms with Crippen LogP contribution < -0.4 is 15.9 Å². The third-order valence-corrected chi connectivity index (χ3v) is 13.3. The maximum absolute atomic E-state index is 14.0. The van der Waals surface area contributed by atoms with E-state index in [2.05, 4.69) is 72.8 Å². The van der Waals surface area contributed by atoms with Crippen LogP contribution in [0.25, 0.3) is 0 Å². The predicted octanol–water partition coefficient (Wildman–Crippen LogP) is 2.77. The van der Waals surface area contributed by atoms with Crippen LogP contribution in [0.1, 0.15) is 12.8 Å². The zero-order valence-corrected chi connectivity index (χ0v) is 19.6. The van der Waals surface area contributed by atoms with E-state index in [0.717, 1.165) is 6.42 Å². The molecule has 5 rings (SSSR count). The third kappa shape index (κ3) is 3.58. The quantitative estimate of drug-likeness (QED) is 0.546. The van der Waals surface area contributed by atoms with Crippen LogP contribution in [-0.2, 0) is 14.6 Å². The molecule has 0 spiro atoms. The van der Waals surface area contributed by atoms with Gasteiger partial charge < -0.3 is 4.90 Å². The van der Waals surface area contributed by atoms with E-state index in [0.29, 0.717) is 13.0 Å². The van der Waals surface area contributed by atoms with Crippen molar-refractivity contribution in [3.8, 4) is 0 Å². The number of rotatable bonds is 5. The van der Waals surface area contributed by atoms with E-state index >= 15 is 0 Å². The number of hydrogen-bond acceptors (Lipinski definition) is 3. The molecular formula is C26H27NO3PS+. The molecule has 1 amide bonds. The number of amides is 1. The maximum atomic E-state index is 14.0. The van der Waals surface area contributed by atoms with Crippen molar-refractivity contribution in [3.05, 3.63) is 91.0 Å². The van der Waals surface area contributed by atoms with E-state index in [4.69, 9.17) is 0 Å². The van der Waals surface area contributed by atoms with Crippen LogP contribution in [0.3, 0.4) is 0 Å². The second kappa shape index (κ2) is 8.46. The van der Waals surface area contributed by atoms with Crippen molar-refractivity contribution >= 4 is 38.9 Å². The van der Waals surface area contributed by atoms with Gasteiger partial charge in [0.15, 0.2) is 15.5 Å². The smallest absolute Gasteiger partial charge is 0.264 e. The molecule has 2 heterocycles. The van der Waals surface area contributed by atoms with Crippen LogP contribution in [0.15, 0.2) is 91.0 Å². The largest absolute Gasteiger partial charge is 0.335 e. The summed E-state index contributed by atoms with van der Waals surface area (Å²) >= 11 is 0. The molecule has 2 saturated heterocycles. The number of likely N-dealkylation sites (tertiary alicyclic amines) is 1. The highest BCUT2D eigenvalue weighted by atomic mass is 32.2. The normalized spacial score (nSPS) is 22.9. The Morgan fingerprint density at radius 1 is 0.719 bits per heavy atom. The second-order valence-electron chi connectivity index (χ2n) is 8.62. The first-order valence-corrected chi connectivity index (χ1v) is 14.8. The summed E-state index contributed by atoms with van der Waals surface area (Å²) in [5.74, 6) is 0.387. The minimum atomic E-state index is -3.05. The van der Waals surface area contributed by atoms with Gasteiger partial charge in [0, 0.05) is 19.0 Å². The lowest BCUT2D eigenvalue weighted by molar-refractivity contribution is -0.128. The summed E-state index contributed by atoms with van der Waals surface area (Å²) < 4.78 is 24.2. The molecule has 0 saturated carbocycles. The summed E-state index contributed by atoms with van der Waals surface area (Å²) in [6, 6.07) is 31.1. The van der Waals surface area contributed by atoms with Gasteiger partial charge in [-0.15, -0.1) is 0 Å². The first-order chi connectivity index (χ1) is 15.5. The minimum Gasteiger partial charge on any atom is -0.335 e. The van der Waals surface area contributed by atoms with Crippen molar-refractivity contribution in [3.63, 3.8) is 0 Å². The van der Waals surface area contributed by atoms with Gasteiger partial charge in [-0.25, -0.2) is 8.42 Å². The summed E-state index contributed by atoms with van der Waals surface area (Å²) in [7, 11) is -5.36. The van der Waals surface area contributed by atoms with Crippen LogP contribution in [-0.4, -0.2) is 49.0 Å². The van der Waals surface area contributed by atoms with E-state index < -0.39 is 17.1 Å². The van der Waals surface area contributed by atoms with Crippen LogP contribution >= 0.6 is 7.26 Å². The summed E-state index contributed by atoms with van der Waals surface area (Å²) in [6.07, 6.45) is 1.29. The first-order valence-electron chi connectivity index (χ1n) is 11.1. The molecule has 2 aliphatic rings. The van der Waals surface area contributed by atoms with Crippen LogP contribution in [0.4, 0.5) is 0 Å². The number of benzene rings is 3. The fourth-order valence-electron chi connectivity index (χ4n) is 5.41. The third-order valence-electron chi connectivity index (χ3n) is 6.82. The highest BCUT2D eigenvalue weighted by Gasteiger charge is 2.59. The molecule has 0 bridgehead atoms. The molecule has 3 aromatic rings. The fourth-order valence-corrected chi connectivity index (χ4v) is 12.0. The molecule has 2 aliphatic heterocycles. The van der Waals surface area contributed by atoms with Gasteiger partial charge in [-0.2, -0.15) is 0 Å². The molecule has 4 nitrogen and oxygen atoms in total. The van der Waals surface area contributed by atoms with Crippen LogP contribution in [0.5, 0.6) is 0 Å². The van der Waals surface area contributed by atoms with Gasteiger partial charge in [0.25, 0.3) is 5.91 Å². The highest BCUT2D eigenvalue weighted by molar-refractivity contribution is 7.97. The Balaban J connectivity index is 1.68. The van der Waals surface area contributed by atoms with Gasteiger partial charge >= 0.3 is 0 Å². The zero-order chi connectivity index (χ0) is 22.2. The van der Waals surface area contributed by atoms with Gasteiger partial charge in [-0.05, 0) is 42.8 Å². The van der Waals surface area contributed by atoms with E-state index in [9.17, 15) is 13.2 Å². The SMILES string of the molecule is O=C1[C@@H]([P+](c2ccccc2)(c2ccccc2)c2ccccc2)CCN1[C@H]1CCS(=O)(=O)C1. The summed E-state index contributed by atoms with van der Waals surface area (Å²) in [5, 5.41) is 3.57. The molecule has 2 atom stereocenters. The van der Waals surface area contributed by atoms with Gasteiger partial charge in [-0.1, -0.05) is 54.6 Å². The molecule has 32 heavy (non-hydrogen) atoms. The minimum absolute atomic E-state index is 0.0961. The summed E-state index contributed by atoms with van der Waals surface area (Å²) in [6.45, 7) is 0.623. The molecule has 0 aromatic heterocycles. The first kappa shape index (κ1) is 21.4. The van der Waals surface area contributed by atoms with Crippen molar-refractivity contribution < 1.29 is 13.2 Å². The van der Waals surface area contributed by atoms with Crippen LogP contribution in [0, 0.1) is 0 Å². The Labute approximate surface area is 190 Å². The lowest BCUT2D eigenvalue weighted by Crippen LogP contribution is -2.45. The Morgan fingerprint density at radius 2 is 1.19 bits per heavy atom. The summed E-state index contributed by atoms with van der Waals surface area (Å²) in [5.41, 5.74) is -0.196. The van der Waals surface area contributed by atoms with E-state index in [-0.39, 0.29) is 29.1 Å². The number of carbonyl (C=O) groups is 1. The molecule has 0 radical (unpaired) electrons. The predicted molar refractivity (Wildman–Crippen MR) is 132 cm³/mol. The topological polar surface area (TPSA) is 54.5 Å². The van der Waals surface area contributed by atoms with E-state index in [1.807, 2.05) is 23.1 Å². The number of sulfone groups is 1. The maximum Gasteiger partial charge on any atom is 0.264 e. The van der Waals surface area contributed by atoms with Gasteiger partial charge in [0.05, 0.1) is 11.5 Å². The molecular weight excluding hydrogens is 437 g/mol. The van der Waals surface area contributed by atoms with E-state index in [1.54, 1.807) is 0 Å². The van der Waals surface area contributed by atoms with Gasteiger partial charge in [0.2, 0.25) is 0 Å². The second-order valence-corrected chi connectivity index (χ2v) is 14.5. The average Bonchev–Trinajstić information content (AvgIpc) is 3.38. The number of carbonyl (C=O) groups excluding carboxylic acids is 1. The molecule has 6 heteroatoms. The molecule has 2 fully saturated rings. The number of hydrogen-bond donors (Lipinski definition) is 0. The lowest BCUT2D eigenvalue weighted by atomic mass is 10.2. The Bertz CT molecular complexity index is 1100. The van der Waals surface area contributed by atoms with E-state index in [1.165, 1.54) is 15.9 Å². The van der Waals surface area contributed by atoms with Gasteiger partial charge in [0.1, 0.15) is 23.2 Å². The van der Waals surface area contributed by atoms with Crippen molar-refractivity contribution in [2.24, 2.45) is 0 Å². The summed E-state index contributed by atoms with van der Waals surface area (Å²) in [4.78, 5) is 15.9. The van der Waals surface area contributed by atoms with Crippen molar-refractivity contribution in [2.45, 2.75) is 24.5 Å². The molecule has 3 aromatic carbocycles. The lowest BCUT2D eigenvalue weighted by Gasteiger charge is -2.32. The van der Waals surface area contributed by atoms with Crippen molar-refractivity contribution in [1.82, 2.24) is 4.90 Å². The monoisotopic (exact) mass is 464 g/mol. The molecule has 0 unspecified atom stereocenters. The highest BCUT2D eigenvalue weighted by Crippen LogP contribution is 2.62. The zero-order valence-electron chi connectivity index (χ0n) is 17.9. The molecule has 164 valence electrons. The fraction of sp³-hybridized carbons (Fsp3) is 0.269. The number of nitrogens with zero attached hydrogens (tertiary/aromatic N) is 1. The molecule has 0 N–H and O–H groups in total. The molecule has 0 aliphatic carbocycles. The average molecular weight is 465 g/mol. The standard InChI is InChI=1S/C26H27NO3PS/c28-26-25(16-18-27(26)21-17-19-32(29,30)20-21)31(22-10-4-1-5-11-22,23-12-6-2-7-13-23)24-14-8-3-9-15-24/h1-15,21,25H,16-20H2/q+1/t21-,25-/m0/s1. The van der Waals surface area contributed by atoms with Gasteiger partial charge in [-0.3, -0.25) is 4.79 Å².